The minimum atomic E-state index is -0.977. The summed E-state index contributed by atoms with van der Waals surface area (Å²) in [6.07, 6.45) is 2.07. The molecule has 4 nitrogen and oxygen atoms in total. The average molecular weight is 433 g/mol. The molecule has 0 atom stereocenters. The predicted molar refractivity (Wildman–Crippen MR) is 101 cm³/mol. The zero-order valence-corrected chi connectivity index (χ0v) is 15.7. The largest absolute Gasteiger partial charge is 0.310 e. The van der Waals surface area contributed by atoms with Gasteiger partial charge in [-0.25, -0.2) is 13.8 Å². The fourth-order valence-corrected chi connectivity index (χ4v) is 3.05. The van der Waals surface area contributed by atoms with Crippen LogP contribution in [0.15, 0.2) is 64.1 Å². The number of carbonyl (C=O) groups excluding carboxylic acids is 1. The molecule has 1 aromatic carbocycles. The zero-order valence-electron chi connectivity index (χ0n) is 14.2. The molecule has 0 aliphatic rings. The van der Waals surface area contributed by atoms with E-state index in [1.54, 1.807) is 12.1 Å². The first-order valence-corrected chi connectivity index (χ1v) is 9.01. The van der Waals surface area contributed by atoms with Crippen LogP contribution in [0.3, 0.4) is 0 Å². The van der Waals surface area contributed by atoms with Crippen molar-refractivity contribution in [2.45, 2.75) is 19.4 Å². The highest BCUT2D eigenvalue weighted by Crippen LogP contribution is 2.11. The molecule has 0 N–H and O–H groups in total. The van der Waals surface area contributed by atoms with Crippen LogP contribution < -0.4 is 5.56 Å². The lowest BCUT2D eigenvalue weighted by Crippen LogP contribution is -2.26. The molecule has 0 spiro atoms. The first-order chi connectivity index (χ1) is 12.9. The van der Waals surface area contributed by atoms with E-state index in [9.17, 15) is 18.4 Å². The lowest BCUT2D eigenvalue weighted by Gasteiger charge is -2.08. The summed E-state index contributed by atoms with van der Waals surface area (Å²) >= 11 is 3.28. The molecule has 0 saturated carbocycles. The molecule has 2 heterocycles. The number of carbonyl (C=O) groups is 1. The number of nitrogens with zero attached hydrogens (tertiary/aromatic N) is 2. The lowest BCUT2D eigenvalue weighted by atomic mass is 10.1. The molecule has 0 unspecified atom stereocenters. The fraction of sp³-hybridized carbons (Fsp3) is 0.150. The molecule has 2 aromatic heterocycles. The van der Waals surface area contributed by atoms with Crippen LogP contribution in [0.25, 0.3) is 0 Å². The molecule has 3 aromatic rings. The SMILES string of the molecule is O=C(CCc1cccc(Br)n1)c1cccn(Cc2ccc(F)c(F)c2)c1=O. The minimum absolute atomic E-state index is 0.0460. The van der Waals surface area contributed by atoms with Crippen LogP contribution in [0.2, 0.25) is 0 Å². The molecule has 0 bridgehead atoms. The van der Waals surface area contributed by atoms with Crippen LogP contribution in [0.1, 0.15) is 28.0 Å². The lowest BCUT2D eigenvalue weighted by molar-refractivity contribution is 0.0980. The van der Waals surface area contributed by atoms with Crippen LogP contribution in [-0.4, -0.2) is 15.3 Å². The van der Waals surface area contributed by atoms with Crippen LogP contribution in [0, 0.1) is 11.6 Å². The molecule has 0 fully saturated rings. The van der Waals surface area contributed by atoms with E-state index in [2.05, 4.69) is 20.9 Å². The van der Waals surface area contributed by atoms with E-state index in [1.807, 2.05) is 12.1 Å². The van der Waals surface area contributed by atoms with Crippen molar-refractivity contribution < 1.29 is 13.6 Å². The van der Waals surface area contributed by atoms with Gasteiger partial charge in [-0.15, -0.1) is 0 Å². The maximum absolute atomic E-state index is 13.4. The number of hydrogen-bond acceptors (Lipinski definition) is 3. The van der Waals surface area contributed by atoms with Gasteiger partial charge in [-0.2, -0.15) is 0 Å². The van der Waals surface area contributed by atoms with Crippen LogP contribution in [-0.2, 0) is 13.0 Å². The quantitative estimate of drug-likeness (QED) is 0.434. The second-order valence-corrected chi connectivity index (χ2v) is 6.79. The predicted octanol–water partition coefficient (Wildman–Crippen LogP) is 4.15. The summed E-state index contributed by atoms with van der Waals surface area (Å²) in [5, 5.41) is 0. The second kappa shape index (κ2) is 8.35. The van der Waals surface area contributed by atoms with Crippen molar-refractivity contribution in [2.75, 3.05) is 0 Å². The van der Waals surface area contributed by atoms with Crippen molar-refractivity contribution in [1.29, 1.82) is 0 Å². The van der Waals surface area contributed by atoms with Crippen LogP contribution in [0.4, 0.5) is 8.78 Å². The van der Waals surface area contributed by atoms with E-state index in [-0.39, 0.29) is 24.3 Å². The van der Waals surface area contributed by atoms with Crippen molar-refractivity contribution >= 4 is 21.7 Å². The Kier molecular flexibility index (Phi) is 5.91. The summed E-state index contributed by atoms with van der Waals surface area (Å²) in [5.74, 6) is -2.22. The summed E-state index contributed by atoms with van der Waals surface area (Å²) in [6, 6.07) is 11.9. The Labute approximate surface area is 162 Å². The monoisotopic (exact) mass is 432 g/mol. The number of benzene rings is 1. The molecular weight excluding hydrogens is 418 g/mol. The Balaban J connectivity index is 1.76. The number of aryl methyl sites for hydroxylation is 1. The van der Waals surface area contributed by atoms with E-state index in [4.69, 9.17) is 0 Å². The zero-order chi connectivity index (χ0) is 19.4. The van der Waals surface area contributed by atoms with Gasteiger partial charge >= 0.3 is 0 Å². The molecule has 27 heavy (non-hydrogen) atoms. The molecule has 3 rings (SSSR count). The minimum Gasteiger partial charge on any atom is -0.310 e. The summed E-state index contributed by atoms with van der Waals surface area (Å²) in [5.41, 5.74) is 0.777. The number of pyridine rings is 2. The Morgan fingerprint density at radius 1 is 1.07 bits per heavy atom. The van der Waals surface area contributed by atoms with Crippen molar-refractivity contribution in [3.8, 4) is 0 Å². The van der Waals surface area contributed by atoms with Gasteiger partial charge in [-0.05, 0) is 64.3 Å². The summed E-state index contributed by atoms with van der Waals surface area (Å²) < 4.78 is 28.4. The Morgan fingerprint density at radius 3 is 2.63 bits per heavy atom. The number of rotatable bonds is 6. The second-order valence-electron chi connectivity index (χ2n) is 5.98. The fourth-order valence-electron chi connectivity index (χ4n) is 2.67. The third-order valence-electron chi connectivity index (χ3n) is 4.04. The first-order valence-electron chi connectivity index (χ1n) is 8.22. The molecular formula is C20H15BrF2N2O2. The number of ketones is 1. The van der Waals surface area contributed by atoms with Gasteiger partial charge in [0.2, 0.25) is 0 Å². The van der Waals surface area contributed by atoms with Gasteiger partial charge in [0.05, 0.1) is 12.1 Å². The van der Waals surface area contributed by atoms with E-state index >= 15 is 0 Å². The highest BCUT2D eigenvalue weighted by molar-refractivity contribution is 9.10. The van der Waals surface area contributed by atoms with Crippen molar-refractivity contribution in [3.05, 3.63) is 98.1 Å². The number of hydrogen-bond donors (Lipinski definition) is 0. The third kappa shape index (κ3) is 4.74. The standard InChI is InChI=1S/C20H15BrF2N2O2/c21-19-5-1-3-14(24-19)7-9-18(26)15-4-2-10-25(20(15)27)12-13-6-8-16(22)17(23)11-13/h1-6,8,10-11H,7,9,12H2. The highest BCUT2D eigenvalue weighted by atomic mass is 79.9. The van der Waals surface area contributed by atoms with Crippen molar-refractivity contribution in [3.63, 3.8) is 0 Å². The Morgan fingerprint density at radius 2 is 1.89 bits per heavy atom. The van der Waals surface area contributed by atoms with Gasteiger partial charge in [-0.1, -0.05) is 12.1 Å². The maximum atomic E-state index is 13.4. The van der Waals surface area contributed by atoms with E-state index in [0.717, 1.165) is 17.8 Å². The van der Waals surface area contributed by atoms with E-state index in [0.29, 0.717) is 16.6 Å². The molecule has 0 aliphatic heterocycles. The smallest absolute Gasteiger partial charge is 0.261 e. The number of halogens is 3. The first kappa shape index (κ1) is 19.1. The summed E-state index contributed by atoms with van der Waals surface area (Å²) in [4.78, 5) is 29.3. The van der Waals surface area contributed by atoms with Gasteiger partial charge in [0.1, 0.15) is 4.60 Å². The molecule has 0 amide bonds. The van der Waals surface area contributed by atoms with Gasteiger partial charge in [0.25, 0.3) is 5.56 Å². The highest BCUT2D eigenvalue weighted by Gasteiger charge is 2.13. The van der Waals surface area contributed by atoms with Crippen LogP contribution in [0.5, 0.6) is 0 Å². The molecule has 0 aliphatic carbocycles. The third-order valence-corrected chi connectivity index (χ3v) is 4.48. The molecule has 0 radical (unpaired) electrons. The van der Waals surface area contributed by atoms with Crippen LogP contribution >= 0.6 is 15.9 Å². The van der Waals surface area contributed by atoms with Gasteiger partial charge in [0.15, 0.2) is 17.4 Å². The topological polar surface area (TPSA) is 52.0 Å². The van der Waals surface area contributed by atoms with Crippen molar-refractivity contribution in [2.24, 2.45) is 0 Å². The number of aromatic nitrogens is 2. The normalized spacial score (nSPS) is 10.8. The molecule has 0 saturated heterocycles. The number of Topliss-reactive ketones (excluding diaryl/α,β-unsaturated/α-hetero) is 1. The van der Waals surface area contributed by atoms with E-state index < -0.39 is 17.2 Å². The summed E-state index contributed by atoms with van der Waals surface area (Å²) in [6.45, 7) is 0.0460. The average Bonchev–Trinajstić information content (AvgIpc) is 2.64. The van der Waals surface area contributed by atoms with Gasteiger partial charge < -0.3 is 4.57 Å². The molecule has 138 valence electrons. The van der Waals surface area contributed by atoms with Gasteiger partial charge in [0, 0.05) is 18.3 Å². The Bertz CT molecular complexity index is 1050. The van der Waals surface area contributed by atoms with Gasteiger partial charge in [-0.3, -0.25) is 9.59 Å². The van der Waals surface area contributed by atoms with Crippen molar-refractivity contribution in [1.82, 2.24) is 9.55 Å². The van der Waals surface area contributed by atoms with E-state index in [1.165, 1.54) is 22.9 Å². The summed E-state index contributed by atoms with van der Waals surface area (Å²) in [7, 11) is 0. The maximum Gasteiger partial charge on any atom is 0.261 e. The Hall–Kier alpha value is -2.67. The molecule has 7 heteroatoms.